The van der Waals surface area contributed by atoms with Gasteiger partial charge in [0.1, 0.15) is 0 Å². The van der Waals surface area contributed by atoms with E-state index in [4.69, 9.17) is 30.9 Å². The molecular weight excluding hydrogens is 298 g/mol. The number of nitriles is 4. The second-order valence-corrected chi connectivity index (χ2v) is 3.42. The molecule has 0 radical (unpaired) electrons. The molecule has 0 bridgehead atoms. The number of carbonyl (C=O) groups is 1. The average molecular weight is 323 g/mol. The lowest BCUT2D eigenvalue weighted by Crippen LogP contribution is -2.26. The highest BCUT2D eigenvalue weighted by Crippen LogP contribution is 1.95. The van der Waals surface area contributed by atoms with E-state index in [2.05, 4.69) is 6.58 Å². The molecule has 0 unspecified atom stereocenters. The second kappa shape index (κ2) is 31.4. The summed E-state index contributed by atoms with van der Waals surface area (Å²) in [6.45, 7) is 6.16. The Morgan fingerprint density at radius 3 is 1.35 bits per heavy atom. The van der Waals surface area contributed by atoms with Gasteiger partial charge in [-0.3, -0.25) is 4.79 Å². The van der Waals surface area contributed by atoms with Crippen molar-refractivity contribution in [1.29, 1.82) is 21.0 Å². The maximum absolute atomic E-state index is 9.00. The summed E-state index contributed by atoms with van der Waals surface area (Å²) in [5.41, 5.74) is 0. The van der Waals surface area contributed by atoms with E-state index < -0.39 is 5.97 Å². The first-order valence-electron chi connectivity index (χ1n) is 6.03. The fourth-order valence-electron chi connectivity index (χ4n) is 0.960. The van der Waals surface area contributed by atoms with Crippen LogP contribution in [0.1, 0.15) is 26.2 Å². The first-order valence-corrected chi connectivity index (χ1v) is 6.03. The zero-order valence-electron chi connectivity index (χ0n) is 13.5. The summed E-state index contributed by atoms with van der Waals surface area (Å²) in [5, 5.41) is 40.0. The van der Waals surface area contributed by atoms with E-state index in [0.29, 0.717) is 38.9 Å². The maximum Gasteiger partial charge on any atom is 0.300 e. The number of carboxylic acid groups (broad SMARTS) is 1. The van der Waals surface area contributed by atoms with Gasteiger partial charge in [0.05, 0.1) is 24.3 Å². The highest BCUT2D eigenvalue weighted by molar-refractivity contribution is 5.62. The molecule has 9 nitrogen and oxygen atoms in total. The van der Waals surface area contributed by atoms with Crippen LogP contribution in [0, 0.1) is 45.3 Å². The van der Waals surface area contributed by atoms with Crippen molar-refractivity contribution < 1.29 is 9.90 Å². The van der Waals surface area contributed by atoms with Gasteiger partial charge < -0.3 is 22.3 Å². The third-order valence-electron chi connectivity index (χ3n) is 1.71. The Kier molecular flexibility index (Phi) is 43.9. The van der Waals surface area contributed by atoms with Gasteiger partial charge in [-0.1, -0.05) is 6.58 Å². The molecule has 0 saturated heterocycles. The van der Waals surface area contributed by atoms with Gasteiger partial charge in [0.25, 0.3) is 5.97 Å². The van der Waals surface area contributed by atoms with E-state index in [-0.39, 0.29) is 12.3 Å². The fraction of sp³-hybridized carbons (Fsp3) is 0.500. The van der Waals surface area contributed by atoms with E-state index in [9.17, 15) is 0 Å². The Balaban J connectivity index is -0.0000000909. The van der Waals surface area contributed by atoms with Crippen molar-refractivity contribution in [1.82, 2.24) is 17.2 Å². The normalized spacial score (nSPS) is 6.70. The van der Waals surface area contributed by atoms with Crippen molar-refractivity contribution in [3.05, 3.63) is 12.7 Å². The highest BCUT2D eigenvalue weighted by atomic mass is 16.4. The van der Waals surface area contributed by atoms with Crippen LogP contribution in [-0.2, 0) is 4.79 Å². The van der Waals surface area contributed by atoms with Crippen molar-refractivity contribution in [2.45, 2.75) is 26.2 Å². The molecule has 0 atom stereocenters. The van der Waals surface area contributed by atoms with E-state index in [1.54, 1.807) is 6.07 Å². The number of aliphatic carboxylic acids is 1. The molecule has 0 aromatic rings. The summed E-state index contributed by atoms with van der Waals surface area (Å²) in [5.74, 6) is -0.833. The Labute approximate surface area is 137 Å². The van der Waals surface area contributed by atoms with Crippen LogP contribution >= 0.6 is 0 Å². The van der Waals surface area contributed by atoms with Crippen LogP contribution in [0.2, 0.25) is 0 Å². The van der Waals surface area contributed by atoms with Crippen LogP contribution in [0.4, 0.5) is 0 Å². The molecule has 128 valence electrons. The smallest absolute Gasteiger partial charge is 0.300 e. The number of carboxylic acids is 1. The standard InChI is InChI=1S/C9H12N4.C3H3N.C2H4O2.2H3N/c10-4-1-7-13(8-2-5-11)9-3-6-12;1-2-3-4;1-2(3)4;;/h1-3,7-9H2;2H,1H2;1H3,(H,3,4);2*1H3. The molecule has 0 amide bonds. The minimum absolute atomic E-state index is 0. The molecule has 0 rings (SSSR count). The number of rotatable bonds is 6. The predicted octanol–water partition coefficient (Wildman–Crippen LogP) is 2.14. The van der Waals surface area contributed by atoms with Crippen LogP contribution in [0.25, 0.3) is 0 Å². The molecule has 7 N–H and O–H groups in total. The molecule has 0 aromatic carbocycles. The molecule has 0 aliphatic carbocycles. The van der Waals surface area contributed by atoms with Gasteiger partial charge in [-0.2, -0.15) is 21.0 Å². The Hall–Kier alpha value is -2.95. The van der Waals surface area contributed by atoms with Gasteiger partial charge in [-0.25, -0.2) is 0 Å². The van der Waals surface area contributed by atoms with Crippen molar-refractivity contribution in [3.63, 3.8) is 0 Å². The Morgan fingerprint density at radius 1 is 1.00 bits per heavy atom. The number of allylic oxidation sites excluding steroid dienone is 1. The fourth-order valence-corrected chi connectivity index (χ4v) is 0.960. The molecule has 0 spiro atoms. The summed E-state index contributed by atoms with van der Waals surface area (Å²) < 4.78 is 0. The molecule has 0 aliphatic heterocycles. The molecule has 0 aromatic heterocycles. The monoisotopic (exact) mass is 323 g/mol. The van der Waals surface area contributed by atoms with Crippen LogP contribution in [-0.4, -0.2) is 35.6 Å². The summed E-state index contributed by atoms with van der Waals surface area (Å²) in [4.78, 5) is 11.0. The van der Waals surface area contributed by atoms with Crippen molar-refractivity contribution in [2.24, 2.45) is 0 Å². The third kappa shape index (κ3) is 54.8. The molecule has 0 aliphatic rings. The lowest BCUT2D eigenvalue weighted by Gasteiger charge is -2.17. The topological polar surface area (TPSA) is 206 Å². The van der Waals surface area contributed by atoms with Crippen LogP contribution < -0.4 is 12.3 Å². The second-order valence-electron chi connectivity index (χ2n) is 3.42. The van der Waals surface area contributed by atoms with E-state index in [1.807, 2.05) is 23.1 Å². The molecule has 0 fully saturated rings. The average Bonchev–Trinajstić information content (AvgIpc) is 2.46. The van der Waals surface area contributed by atoms with Crippen molar-refractivity contribution in [2.75, 3.05) is 19.6 Å². The van der Waals surface area contributed by atoms with Gasteiger partial charge in [0, 0.05) is 51.9 Å². The van der Waals surface area contributed by atoms with Gasteiger partial charge in [0.2, 0.25) is 0 Å². The number of hydrogen-bond acceptors (Lipinski definition) is 8. The Bertz CT molecular complexity index is 391. The molecule has 9 heteroatoms. The van der Waals surface area contributed by atoms with Gasteiger partial charge >= 0.3 is 0 Å². The Morgan fingerprint density at radius 2 is 1.22 bits per heavy atom. The molecule has 23 heavy (non-hydrogen) atoms. The zero-order valence-corrected chi connectivity index (χ0v) is 13.5. The van der Waals surface area contributed by atoms with Gasteiger partial charge in [-0.15, -0.1) is 0 Å². The molecule has 0 saturated carbocycles. The highest BCUT2D eigenvalue weighted by Gasteiger charge is 2.02. The minimum Gasteiger partial charge on any atom is -0.481 e. The summed E-state index contributed by atoms with van der Waals surface area (Å²) in [6, 6.07) is 7.83. The SMILES string of the molecule is C=CC#N.CC(=O)O.N.N.N#CCCN(CCC#N)CCC#N. The quantitative estimate of drug-likeness (QED) is 0.610. The first kappa shape index (κ1) is 32.1. The summed E-state index contributed by atoms with van der Waals surface area (Å²) >= 11 is 0. The maximum atomic E-state index is 9.00. The molecule has 0 heterocycles. The number of nitrogens with zero attached hydrogens (tertiary/aromatic N) is 5. The minimum atomic E-state index is -0.833. The lowest BCUT2D eigenvalue weighted by molar-refractivity contribution is -0.134. The van der Waals surface area contributed by atoms with E-state index in [1.165, 1.54) is 6.08 Å². The van der Waals surface area contributed by atoms with Crippen molar-refractivity contribution in [3.8, 4) is 24.3 Å². The summed E-state index contributed by atoms with van der Waals surface area (Å²) in [7, 11) is 0. The lowest BCUT2D eigenvalue weighted by atomic mass is 10.3. The largest absolute Gasteiger partial charge is 0.481 e. The first-order chi connectivity index (χ1) is 9.99. The van der Waals surface area contributed by atoms with E-state index in [0.717, 1.165) is 6.92 Å². The van der Waals surface area contributed by atoms with Crippen LogP contribution in [0.3, 0.4) is 0 Å². The molecular formula is C14H25N7O2. The van der Waals surface area contributed by atoms with Gasteiger partial charge in [0.15, 0.2) is 0 Å². The third-order valence-corrected chi connectivity index (χ3v) is 1.71. The van der Waals surface area contributed by atoms with Crippen LogP contribution in [0.5, 0.6) is 0 Å². The van der Waals surface area contributed by atoms with E-state index >= 15 is 0 Å². The predicted molar refractivity (Wildman–Crippen MR) is 86.3 cm³/mol. The van der Waals surface area contributed by atoms with Crippen molar-refractivity contribution >= 4 is 5.97 Å². The summed E-state index contributed by atoms with van der Waals surface area (Å²) in [6.07, 6.45) is 2.55. The van der Waals surface area contributed by atoms with Crippen LogP contribution in [0.15, 0.2) is 12.7 Å². The number of hydrogen-bond donors (Lipinski definition) is 3. The zero-order chi connectivity index (χ0) is 16.9. The van der Waals surface area contributed by atoms with Gasteiger partial charge in [-0.05, 0) is 0 Å².